The first-order chi connectivity index (χ1) is 16.5. The number of carbonyl (C=O) groups excluding carboxylic acids is 4. The molecule has 10 heteroatoms. The van der Waals surface area contributed by atoms with E-state index in [9.17, 15) is 19.2 Å². The molecule has 0 aliphatic rings. The van der Waals surface area contributed by atoms with E-state index in [1.165, 1.54) is 13.1 Å². The highest BCUT2D eigenvalue weighted by Gasteiger charge is 2.06. The molecule has 0 aromatic heterocycles. The van der Waals surface area contributed by atoms with Gasteiger partial charge in [-0.15, -0.1) is 0 Å². The van der Waals surface area contributed by atoms with Gasteiger partial charge in [-0.1, -0.05) is 37.5 Å². The maximum atomic E-state index is 11.8. The van der Waals surface area contributed by atoms with Crippen LogP contribution in [0.5, 0.6) is 0 Å². The van der Waals surface area contributed by atoms with Gasteiger partial charge in [-0.25, -0.2) is 9.59 Å². The third-order valence-corrected chi connectivity index (χ3v) is 4.42. The molecule has 0 saturated heterocycles. The molecule has 0 bridgehead atoms. The highest BCUT2D eigenvalue weighted by molar-refractivity contribution is 5.95. The van der Waals surface area contributed by atoms with E-state index >= 15 is 0 Å². The molecule has 6 N–H and O–H groups in total. The van der Waals surface area contributed by atoms with Crippen molar-refractivity contribution in [2.75, 3.05) is 30.9 Å². The topological polar surface area (TPSA) is 163 Å². The van der Waals surface area contributed by atoms with Crippen molar-refractivity contribution in [3.63, 3.8) is 0 Å². The van der Waals surface area contributed by atoms with E-state index in [4.69, 9.17) is 15.2 Å². The van der Waals surface area contributed by atoms with Gasteiger partial charge in [0.1, 0.15) is 6.29 Å². The number of aldehydes is 1. The highest BCUT2D eigenvalue weighted by Crippen LogP contribution is 2.12. The Morgan fingerprint density at radius 1 is 0.794 bits per heavy atom. The van der Waals surface area contributed by atoms with Crippen molar-refractivity contribution in [1.82, 2.24) is 0 Å². The first-order valence-electron chi connectivity index (χ1n) is 10.9. The molecule has 0 aliphatic heterocycles. The summed E-state index contributed by atoms with van der Waals surface area (Å²) in [6.07, 6.45) is 3.65. The lowest BCUT2D eigenvalue weighted by atomic mass is 10.1. The van der Waals surface area contributed by atoms with E-state index < -0.39 is 18.1 Å². The highest BCUT2D eigenvalue weighted by atomic mass is 16.6. The van der Waals surface area contributed by atoms with Gasteiger partial charge in [-0.3, -0.25) is 20.2 Å². The van der Waals surface area contributed by atoms with Crippen molar-refractivity contribution in [3.8, 4) is 0 Å². The van der Waals surface area contributed by atoms with Crippen molar-refractivity contribution in [2.45, 2.75) is 32.1 Å². The molecular formula is C24H32N4O6. The predicted molar refractivity (Wildman–Crippen MR) is 130 cm³/mol. The number of nitrogens with one attached hydrogen (secondary N) is 2. The van der Waals surface area contributed by atoms with Crippen molar-refractivity contribution < 1.29 is 28.7 Å². The minimum atomic E-state index is -0.593. The van der Waals surface area contributed by atoms with Gasteiger partial charge in [-0.05, 0) is 50.2 Å². The van der Waals surface area contributed by atoms with Crippen LogP contribution in [0.4, 0.5) is 21.0 Å². The largest absolute Gasteiger partial charge is 0.449 e. The van der Waals surface area contributed by atoms with Crippen LogP contribution in [0.1, 0.15) is 52.8 Å². The third-order valence-electron chi connectivity index (χ3n) is 4.42. The Hall–Kier alpha value is -3.92. The van der Waals surface area contributed by atoms with Crippen LogP contribution in [-0.2, 0) is 9.47 Å². The molecular weight excluding hydrogens is 440 g/mol. The van der Waals surface area contributed by atoms with Crippen LogP contribution in [0, 0.1) is 0 Å². The number of carbonyl (C=O) groups is 4. The molecule has 34 heavy (non-hydrogen) atoms. The summed E-state index contributed by atoms with van der Waals surface area (Å²) >= 11 is 0. The van der Waals surface area contributed by atoms with Crippen LogP contribution < -0.4 is 22.1 Å². The van der Waals surface area contributed by atoms with E-state index in [2.05, 4.69) is 16.4 Å². The fourth-order valence-electron chi connectivity index (χ4n) is 2.81. The van der Waals surface area contributed by atoms with Gasteiger partial charge in [0, 0.05) is 22.5 Å². The smallest absolute Gasteiger partial charge is 0.411 e. The number of hydrogen-bond donors (Lipinski definition) is 4. The van der Waals surface area contributed by atoms with E-state index in [0.717, 1.165) is 25.7 Å². The molecule has 0 saturated carbocycles. The Kier molecular flexibility index (Phi) is 13.8. The fourth-order valence-corrected chi connectivity index (χ4v) is 2.81. The summed E-state index contributed by atoms with van der Waals surface area (Å²) in [5, 5.41) is 5.12. The third kappa shape index (κ3) is 11.6. The molecule has 184 valence electrons. The zero-order valence-electron chi connectivity index (χ0n) is 19.3. The molecule has 2 aromatic carbocycles. The number of anilines is 2. The summed E-state index contributed by atoms with van der Waals surface area (Å²) in [6.45, 7) is 0.572. The Balaban J connectivity index is 0.00000281. The standard InChI is InChI=1S/C23H27N3O6.CH5N/c24-21(28)18-9-7-11-20(15-18)26-23(30)32-13-5-3-1-2-4-12-31-22(29)25-19-10-6-8-17(14-19)16-27;1-2/h6-11,14-16H,1-5,12-13H2,(H2,24,28)(H,25,29)(H,26,30);2H2,1H3. The maximum absolute atomic E-state index is 11.8. The SMILES string of the molecule is CN.NC(=O)c1cccc(NC(=O)OCCCCCCCOC(=O)Nc2cccc(C=O)c2)c1. The zero-order valence-corrected chi connectivity index (χ0v) is 19.3. The second kappa shape index (κ2) is 16.7. The Labute approximate surface area is 199 Å². The number of ether oxygens (including phenoxy) is 2. The molecule has 3 amide bonds. The van der Waals surface area contributed by atoms with Crippen molar-refractivity contribution in [1.29, 1.82) is 0 Å². The lowest BCUT2D eigenvalue weighted by molar-refractivity contribution is 0.0999. The van der Waals surface area contributed by atoms with Crippen LogP contribution in [0.15, 0.2) is 48.5 Å². The van der Waals surface area contributed by atoms with Gasteiger partial charge in [0.15, 0.2) is 0 Å². The van der Waals surface area contributed by atoms with Crippen molar-refractivity contribution in [2.24, 2.45) is 11.5 Å². The predicted octanol–water partition coefficient (Wildman–Crippen LogP) is 3.92. The Bertz CT molecular complexity index is 935. The first-order valence-corrected chi connectivity index (χ1v) is 10.9. The average molecular weight is 473 g/mol. The van der Waals surface area contributed by atoms with E-state index in [1.54, 1.807) is 42.5 Å². The van der Waals surface area contributed by atoms with Crippen LogP contribution in [-0.4, -0.2) is 44.6 Å². The number of rotatable bonds is 12. The molecule has 0 unspecified atom stereocenters. The number of unbranched alkanes of at least 4 members (excludes halogenated alkanes) is 4. The molecule has 0 fully saturated rings. The number of benzene rings is 2. The van der Waals surface area contributed by atoms with E-state index in [1.807, 2.05) is 0 Å². The minimum absolute atomic E-state index is 0.278. The van der Waals surface area contributed by atoms with Crippen LogP contribution in [0.25, 0.3) is 0 Å². The lowest BCUT2D eigenvalue weighted by Gasteiger charge is -2.08. The molecule has 0 radical (unpaired) electrons. The van der Waals surface area contributed by atoms with Gasteiger partial charge in [0.2, 0.25) is 5.91 Å². The van der Waals surface area contributed by atoms with E-state index in [0.29, 0.717) is 41.8 Å². The molecule has 0 atom stereocenters. The van der Waals surface area contributed by atoms with Crippen LogP contribution >= 0.6 is 0 Å². The monoisotopic (exact) mass is 472 g/mol. The number of nitrogens with two attached hydrogens (primary N) is 2. The first kappa shape index (κ1) is 28.1. The average Bonchev–Trinajstić information content (AvgIpc) is 2.84. The molecule has 0 heterocycles. The summed E-state index contributed by atoms with van der Waals surface area (Å²) in [6, 6.07) is 12.9. The quantitative estimate of drug-likeness (QED) is 0.269. The van der Waals surface area contributed by atoms with Gasteiger partial charge >= 0.3 is 12.2 Å². The molecule has 0 aliphatic carbocycles. The number of amides is 3. The van der Waals surface area contributed by atoms with Gasteiger partial charge in [0.25, 0.3) is 0 Å². The van der Waals surface area contributed by atoms with E-state index in [-0.39, 0.29) is 6.61 Å². The van der Waals surface area contributed by atoms with Crippen molar-refractivity contribution >= 4 is 35.8 Å². The fraction of sp³-hybridized carbons (Fsp3) is 0.333. The lowest BCUT2D eigenvalue weighted by Crippen LogP contribution is -2.16. The van der Waals surface area contributed by atoms with Gasteiger partial charge in [-0.2, -0.15) is 0 Å². The summed E-state index contributed by atoms with van der Waals surface area (Å²) < 4.78 is 10.2. The molecule has 0 spiro atoms. The van der Waals surface area contributed by atoms with Crippen LogP contribution in [0.3, 0.4) is 0 Å². The summed E-state index contributed by atoms with van der Waals surface area (Å²) in [5.41, 5.74) is 11.4. The maximum Gasteiger partial charge on any atom is 0.411 e. The second-order valence-electron chi connectivity index (χ2n) is 6.98. The second-order valence-corrected chi connectivity index (χ2v) is 6.98. The minimum Gasteiger partial charge on any atom is -0.449 e. The summed E-state index contributed by atoms with van der Waals surface area (Å²) in [7, 11) is 1.50. The molecule has 10 nitrogen and oxygen atoms in total. The molecule has 2 aromatic rings. The normalized spacial score (nSPS) is 9.71. The van der Waals surface area contributed by atoms with Crippen molar-refractivity contribution in [3.05, 3.63) is 59.7 Å². The summed E-state index contributed by atoms with van der Waals surface area (Å²) in [4.78, 5) is 45.4. The van der Waals surface area contributed by atoms with Gasteiger partial charge < -0.3 is 20.9 Å². The zero-order chi connectivity index (χ0) is 25.2. The Morgan fingerprint density at radius 3 is 1.82 bits per heavy atom. The number of hydrogen-bond acceptors (Lipinski definition) is 7. The Morgan fingerprint density at radius 2 is 1.29 bits per heavy atom. The summed E-state index contributed by atoms with van der Waals surface area (Å²) in [5.74, 6) is -0.572. The molecule has 2 rings (SSSR count). The van der Waals surface area contributed by atoms with Crippen LogP contribution in [0.2, 0.25) is 0 Å². The van der Waals surface area contributed by atoms with Gasteiger partial charge in [0.05, 0.1) is 13.2 Å². The number of primary amides is 1.